The maximum atomic E-state index is 12.4. The van der Waals surface area contributed by atoms with E-state index in [-0.39, 0.29) is 29.5 Å². The van der Waals surface area contributed by atoms with Gasteiger partial charge in [-0.1, -0.05) is 11.6 Å². The molecule has 9 heteroatoms. The number of nitro groups is 1. The van der Waals surface area contributed by atoms with Crippen molar-refractivity contribution in [2.75, 3.05) is 19.6 Å². The van der Waals surface area contributed by atoms with Crippen molar-refractivity contribution < 1.29 is 13.3 Å². The Hall–Kier alpha value is -1.48. The van der Waals surface area contributed by atoms with E-state index in [1.807, 2.05) is 6.08 Å². The number of halogens is 1. The minimum Gasteiger partial charge on any atom is -0.313 e. The van der Waals surface area contributed by atoms with Crippen LogP contribution < -0.4 is 10.0 Å². The van der Waals surface area contributed by atoms with Gasteiger partial charge >= 0.3 is 0 Å². The van der Waals surface area contributed by atoms with Gasteiger partial charge < -0.3 is 5.32 Å². The van der Waals surface area contributed by atoms with Gasteiger partial charge in [-0.3, -0.25) is 10.1 Å². The fourth-order valence-corrected chi connectivity index (χ4v) is 3.68. The smallest absolute Gasteiger partial charge is 0.273 e. The van der Waals surface area contributed by atoms with E-state index in [0.29, 0.717) is 11.1 Å². The Bertz CT molecular complexity index is 732. The maximum Gasteiger partial charge on any atom is 0.273 e. The van der Waals surface area contributed by atoms with Crippen LogP contribution >= 0.6 is 12.4 Å². The number of hydrogen-bond acceptors (Lipinski definition) is 5. The molecule has 1 aromatic carbocycles. The molecule has 0 fully saturated rings. The highest BCUT2D eigenvalue weighted by atomic mass is 35.5. The second-order valence-corrected chi connectivity index (χ2v) is 7.04. The zero-order valence-electron chi connectivity index (χ0n) is 13.0. The second-order valence-electron chi connectivity index (χ2n) is 5.30. The molecule has 0 spiro atoms. The first-order chi connectivity index (χ1) is 10.3. The summed E-state index contributed by atoms with van der Waals surface area (Å²) >= 11 is 0. The summed E-state index contributed by atoms with van der Waals surface area (Å²) in [6, 6.07) is 2.65. The fourth-order valence-electron chi connectivity index (χ4n) is 2.40. The van der Waals surface area contributed by atoms with Crippen molar-refractivity contribution in [3.05, 3.63) is 45.0 Å². The Morgan fingerprint density at radius 1 is 1.30 bits per heavy atom. The minimum atomic E-state index is -3.78. The van der Waals surface area contributed by atoms with E-state index in [1.54, 1.807) is 13.8 Å². The van der Waals surface area contributed by atoms with Crippen LogP contribution in [-0.2, 0) is 10.0 Å². The molecule has 0 radical (unpaired) electrons. The molecule has 0 aliphatic carbocycles. The summed E-state index contributed by atoms with van der Waals surface area (Å²) in [6.07, 6.45) is 2.74. The number of rotatable bonds is 5. The molecule has 0 saturated carbocycles. The van der Waals surface area contributed by atoms with E-state index in [0.717, 1.165) is 31.1 Å². The average Bonchev–Trinajstić information content (AvgIpc) is 2.45. The van der Waals surface area contributed by atoms with E-state index < -0.39 is 14.9 Å². The topological polar surface area (TPSA) is 101 Å². The number of hydrogen-bond donors (Lipinski definition) is 2. The summed E-state index contributed by atoms with van der Waals surface area (Å²) in [7, 11) is -3.78. The van der Waals surface area contributed by atoms with Gasteiger partial charge in [-0.25, -0.2) is 13.1 Å². The molecule has 0 aromatic heterocycles. The van der Waals surface area contributed by atoms with Gasteiger partial charge in [-0.2, -0.15) is 0 Å². The van der Waals surface area contributed by atoms with Crippen LogP contribution in [-0.4, -0.2) is 33.0 Å². The first-order valence-corrected chi connectivity index (χ1v) is 8.43. The summed E-state index contributed by atoms with van der Waals surface area (Å²) in [4.78, 5) is 10.4. The van der Waals surface area contributed by atoms with Crippen molar-refractivity contribution in [3.8, 4) is 0 Å². The Morgan fingerprint density at radius 2 is 2.00 bits per heavy atom. The monoisotopic (exact) mass is 361 g/mol. The lowest BCUT2D eigenvalue weighted by Crippen LogP contribution is -2.30. The zero-order chi connectivity index (χ0) is 16.3. The molecule has 1 aliphatic heterocycles. The Labute approximate surface area is 141 Å². The van der Waals surface area contributed by atoms with Crippen LogP contribution in [0.1, 0.15) is 17.5 Å². The van der Waals surface area contributed by atoms with Gasteiger partial charge in [-0.05, 0) is 38.4 Å². The van der Waals surface area contributed by atoms with Crippen molar-refractivity contribution in [2.45, 2.75) is 25.2 Å². The largest absolute Gasteiger partial charge is 0.313 e. The molecular weight excluding hydrogens is 342 g/mol. The van der Waals surface area contributed by atoms with Gasteiger partial charge in [0.2, 0.25) is 10.0 Å². The standard InChI is InChI=1S/C14H19N3O4S.ClH/c1-10-7-11(2)14(8-13(10)17(18)19)22(20,21)16-9-12-3-5-15-6-4-12;/h3,7-8,15-16H,4-6,9H2,1-2H3;1H. The van der Waals surface area contributed by atoms with Gasteiger partial charge in [0, 0.05) is 24.7 Å². The van der Waals surface area contributed by atoms with Gasteiger partial charge in [-0.15, -0.1) is 12.4 Å². The molecule has 128 valence electrons. The Morgan fingerprint density at radius 3 is 2.57 bits per heavy atom. The third-order valence-electron chi connectivity index (χ3n) is 3.63. The molecule has 1 aromatic rings. The molecule has 0 bridgehead atoms. The molecule has 7 nitrogen and oxygen atoms in total. The predicted octanol–water partition coefficient (Wildman–Crippen LogP) is 1.83. The molecule has 1 heterocycles. The number of sulfonamides is 1. The van der Waals surface area contributed by atoms with E-state index in [4.69, 9.17) is 0 Å². The van der Waals surface area contributed by atoms with Gasteiger partial charge in [0.1, 0.15) is 0 Å². The van der Waals surface area contributed by atoms with Crippen LogP contribution in [0.15, 0.2) is 28.7 Å². The minimum absolute atomic E-state index is 0. The van der Waals surface area contributed by atoms with Crippen LogP contribution in [0.25, 0.3) is 0 Å². The molecule has 1 aliphatic rings. The molecule has 0 saturated heterocycles. The van der Waals surface area contributed by atoms with Gasteiger partial charge in [0.25, 0.3) is 5.69 Å². The van der Waals surface area contributed by atoms with Crippen molar-refractivity contribution in [3.63, 3.8) is 0 Å². The van der Waals surface area contributed by atoms with Crippen molar-refractivity contribution >= 4 is 28.1 Å². The van der Waals surface area contributed by atoms with Gasteiger partial charge in [0.15, 0.2) is 0 Å². The molecule has 2 N–H and O–H groups in total. The van der Waals surface area contributed by atoms with Crippen LogP contribution in [0.3, 0.4) is 0 Å². The van der Waals surface area contributed by atoms with Crippen molar-refractivity contribution in [1.29, 1.82) is 0 Å². The fraction of sp³-hybridized carbons (Fsp3) is 0.429. The molecule has 2 rings (SSSR count). The van der Waals surface area contributed by atoms with E-state index >= 15 is 0 Å². The third-order valence-corrected chi connectivity index (χ3v) is 5.17. The Kier molecular flexibility index (Phi) is 6.69. The first-order valence-electron chi connectivity index (χ1n) is 6.95. The molecule has 0 unspecified atom stereocenters. The number of nitro benzene ring substituents is 1. The predicted molar refractivity (Wildman–Crippen MR) is 90.6 cm³/mol. The van der Waals surface area contributed by atoms with E-state index in [9.17, 15) is 18.5 Å². The molecule has 0 amide bonds. The molecular formula is C14H20ClN3O4S. The lowest BCUT2D eigenvalue weighted by atomic mass is 10.1. The quantitative estimate of drug-likeness (QED) is 0.473. The summed E-state index contributed by atoms with van der Waals surface area (Å²) in [5, 5.41) is 14.1. The molecule has 0 atom stereocenters. The summed E-state index contributed by atoms with van der Waals surface area (Å²) < 4.78 is 27.3. The van der Waals surface area contributed by atoms with Crippen LogP contribution in [0, 0.1) is 24.0 Å². The number of aryl methyl sites for hydroxylation is 2. The van der Waals surface area contributed by atoms with Crippen molar-refractivity contribution in [1.82, 2.24) is 10.0 Å². The van der Waals surface area contributed by atoms with Gasteiger partial charge in [0.05, 0.1) is 9.82 Å². The molecule has 23 heavy (non-hydrogen) atoms. The SMILES string of the molecule is Cc1cc(C)c(S(=O)(=O)NCC2=CCNCC2)cc1[N+](=O)[O-].Cl. The summed E-state index contributed by atoms with van der Waals surface area (Å²) in [5.74, 6) is 0. The highest BCUT2D eigenvalue weighted by Crippen LogP contribution is 2.25. The summed E-state index contributed by atoms with van der Waals surface area (Å²) in [5.41, 5.74) is 1.77. The van der Waals surface area contributed by atoms with Crippen LogP contribution in [0.5, 0.6) is 0 Å². The lowest BCUT2D eigenvalue weighted by molar-refractivity contribution is -0.385. The normalized spacial score (nSPS) is 14.8. The maximum absolute atomic E-state index is 12.4. The summed E-state index contributed by atoms with van der Waals surface area (Å²) in [6.45, 7) is 5.00. The number of nitrogens with one attached hydrogen (secondary N) is 2. The highest BCUT2D eigenvalue weighted by molar-refractivity contribution is 7.89. The van der Waals surface area contributed by atoms with E-state index in [2.05, 4.69) is 10.0 Å². The lowest BCUT2D eigenvalue weighted by Gasteiger charge is -2.15. The van der Waals surface area contributed by atoms with Crippen molar-refractivity contribution in [2.24, 2.45) is 0 Å². The van der Waals surface area contributed by atoms with E-state index in [1.165, 1.54) is 6.07 Å². The number of nitrogens with zero attached hydrogens (tertiary/aromatic N) is 1. The third kappa shape index (κ3) is 4.74. The zero-order valence-corrected chi connectivity index (χ0v) is 14.6. The van der Waals surface area contributed by atoms with Crippen LogP contribution in [0.2, 0.25) is 0 Å². The number of benzene rings is 1. The van der Waals surface area contributed by atoms with Crippen LogP contribution in [0.4, 0.5) is 5.69 Å². The first kappa shape index (κ1) is 19.6. The highest BCUT2D eigenvalue weighted by Gasteiger charge is 2.22. The second kappa shape index (κ2) is 7.87. The Balaban J connectivity index is 0.00000264. The average molecular weight is 362 g/mol.